The number of alkyl halides is 3. The van der Waals surface area contributed by atoms with Crippen molar-refractivity contribution in [2.24, 2.45) is 5.10 Å². The molecular weight excluding hydrogens is 369 g/mol. The fraction of sp³-hybridized carbons (Fsp3) is 0.450. The second kappa shape index (κ2) is 8.58. The molecule has 28 heavy (non-hydrogen) atoms. The van der Waals surface area contributed by atoms with E-state index in [1.54, 1.807) is 6.92 Å². The second-order valence-corrected chi connectivity index (χ2v) is 7.09. The minimum absolute atomic E-state index is 0.340. The number of nitrogens with zero attached hydrogens (tertiary/aromatic N) is 3. The topological polar surface area (TPSA) is 59.3 Å². The van der Waals surface area contributed by atoms with E-state index >= 15 is 0 Å². The van der Waals surface area contributed by atoms with Gasteiger partial charge < -0.3 is 0 Å². The van der Waals surface area contributed by atoms with Crippen LogP contribution in [0.2, 0.25) is 0 Å². The summed E-state index contributed by atoms with van der Waals surface area (Å²) < 4.78 is 38.5. The molecule has 1 aliphatic carbocycles. The number of carbonyl (C=O) groups is 1. The number of benzene rings is 1. The maximum absolute atomic E-state index is 12.5. The van der Waals surface area contributed by atoms with Crippen LogP contribution in [0, 0.1) is 0 Å². The first kappa shape index (κ1) is 20.1. The number of nitrogens with one attached hydrogen (secondary N) is 1. The molecule has 0 saturated heterocycles. The fourth-order valence-corrected chi connectivity index (χ4v) is 3.43. The lowest BCUT2D eigenvalue weighted by atomic mass is 9.84. The summed E-state index contributed by atoms with van der Waals surface area (Å²) in [6.45, 7) is 1.43. The third kappa shape index (κ3) is 5.21. The fourth-order valence-electron chi connectivity index (χ4n) is 3.43. The summed E-state index contributed by atoms with van der Waals surface area (Å²) in [5.41, 5.74) is 4.18. The summed E-state index contributed by atoms with van der Waals surface area (Å²) in [5.74, 6) is 0.0745. The molecule has 5 nitrogen and oxygen atoms in total. The lowest BCUT2D eigenvalue weighted by Crippen LogP contribution is -2.24. The van der Waals surface area contributed by atoms with Crippen LogP contribution in [0.5, 0.6) is 0 Å². The van der Waals surface area contributed by atoms with E-state index in [0.29, 0.717) is 11.6 Å². The van der Waals surface area contributed by atoms with Crippen molar-refractivity contribution in [2.45, 2.75) is 57.7 Å². The van der Waals surface area contributed by atoms with Crippen molar-refractivity contribution in [3.05, 3.63) is 53.3 Å². The number of halogens is 3. The number of hydrogen-bond donors (Lipinski definition) is 1. The van der Waals surface area contributed by atoms with Crippen LogP contribution in [0.1, 0.15) is 61.8 Å². The van der Waals surface area contributed by atoms with Gasteiger partial charge in [0.15, 0.2) is 5.69 Å². The highest BCUT2D eigenvalue weighted by molar-refractivity contribution is 5.99. The highest BCUT2D eigenvalue weighted by Gasteiger charge is 2.33. The first-order chi connectivity index (χ1) is 13.3. The van der Waals surface area contributed by atoms with Crippen molar-refractivity contribution in [2.75, 3.05) is 0 Å². The maximum atomic E-state index is 12.5. The molecule has 1 aromatic carbocycles. The Morgan fingerprint density at radius 3 is 2.46 bits per heavy atom. The molecule has 150 valence electrons. The third-order valence-electron chi connectivity index (χ3n) is 4.99. The van der Waals surface area contributed by atoms with Crippen LogP contribution < -0.4 is 5.43 Å². The lowest BCUT2D eigenvalue weighted by Gasteiger charge is -2.22. The Morgan fingerprint density at radius 1 is 1.18 bits per heavy atom. The zero-order valence-corrected chi connectivity index (χ0v) is 15.7. The Bertz CT molecular complexity index is 834. The van der Waals surface area contributed by atoms with E-state index < -0.39 is 17.8 Å². The van der Waals surface area contributed by atoms with Gasteiger partial charge in [-0.05, 0) is 42.9 Å². The molecule has 1 fully saturated rings. The Kier molecular flexibility index (Phi) is 6.16. The van der Waals surface area contributed by atoms with Crippen LogP contribution in [-0.2, 0) is 17.5 Å². The summed E-state index contributed by atoms with van der Waals surface area (Å²) in [4.78, 5) is 11.9. The zero-order valence-electron chi connectivity index (χ0n) is 15.7. The van der Waals surface area contributed by atoms with E-state index in [-0.39, 0.29) is 6.54 Å². The summed E-state index contributed by atoms with van der Waals surface area (Å²) >= 11 is 0. The van der Waals surface area contributed by atoms with Gasteiger partial charge in [0.2, 0.25) is 0 Å². The average molecular weight is 392 g/mol. The van der Waals surface area contributed by atoms with Gasteiger partial charge in [-0.1, -0.05) is 43.5 Å². The predicted molar refractivity (Wildman–Crippen MR) is 99.9 cm³/mol. The maximum Gasteiger partial charge on any atom is 0.435 e. The first-order valence-electron chi connectivity index (χ1n) is 9.37. The van der Waals surface area contributed by atoms with Gasteiger partial charge in [-0.3, -0.25) is 9.48 Å². The molecule has 0 unspecified atom stereocenters. The predicted octanol–water partition coefficient (Wildman–Crippen LogP) is 4.49. The van der Waals surface area contributed by atoms with Crippen LogP contribution >= 0.6 is 0 Å². The summed E-state index contributed by atoms with van der Waals surface area (Å²) in [6, 6.07) is 9.01. The quantitative estimate of drug-likeness (QED) is 0.602. The minimum atomic E-state index is -4.53. The molecule has 1 N–H and O–H groups in total. The van der Waals surface area contributed by atoms with Gasteiger partial charge in [0.25, 0.3) is 5.91 Å². The van der Waals surface area contributed by atoms with Gasteiger partial charge in [-0.15, -0.1) is 0 Å². The number of aromatic nitrogens is 2. The monoisotopic (exact) mass is 392 g/mol. The molecule has 8 heteroatoms. The smallest absolute Gasteiger partial charge is 0.271 e. The molecule has 0 bridgehead atoms. The molecule has 1 saturated carbocycles. The second-order valence-electron chi connectivity index (χ2n) is 7.09. The van der Waals surface area contributed by atoms with E-state index in [0.717, 1.165) is 22.5 Å². The molecule has 0 radical (unpaired) electrons. The largest absolute Gasteiger partial charge is 0.435 e. The van der Waals surface area contributed by atoms with Gasteiger partial charge in [-0.25, -0.2) is 5.43 Å². The standard InChI is InChI=1S/C20H23F3N4O/c1-14(15-7-9-17(10-8-15)16-5-3-2-4-6-16)24-25-19(28)13-27-12-11-18(26-27)20(21,22)23/h7-12,16H,2-6,13H2,1H3,(H,25,28). The van der Waals surface area contributed by atoms with Crippen LogP contribution in [0.4, 0.5) is 13.2 Å². The molecule has 0 spiro atoms. The number of carbonyl (C=O) groups excluding carboxylic acids is 1. The Morgan fingerprint density at radius 2 is 1.86 bits per heavy atom. The lowest BCUT2D eigenvalue weighted by molar-refractivity contribution is -0.141. The van der Waals surface area contributed by atoms with Crippen LogP contribution in [0.3, 0.4) is 0 Å². The summed E-state index contributed by atoms with van der Waals surface area (Å²) in [5, 5.41) is 7.39. The summed E-state index contributed by atoms with van der Waals surface area (Å²) in [7, 11) is 0. The van der Waals surface area contributed by atoms with Gasteiger partial charge in [0.05, 0.1) is 5.71 Å². The van der Waals surface area contributed by atoms with Crippen molar-refractivity contribution in [3.8, 4) is 0 Å². The molecule has 2 aromatic rings. The van der Waals surface area contributed by atoms with Crippen molar-refractivity contribution in [3.63, 3.8) is 0 Å². The molecule has 0 aliphatic heterocycles. The number of amides is 1. The minimum Gasteiger partial charge on any atom is -0.271 e. The molecule has 1 aliphatic rings. The highest BCUT2D eigenvalue weighted by Crippen LogP contribution is 2.32. The Labute approximate surface area is 161 Å². The van der Waals surface area contributed by atoms with Crippen LogP contribution in [0.15, 0.2) is 41.6 Å². The van der Waals surface area contributed by atoms with Crippen LogP contribution in [-0.4, -0.2) is 21.4 Å². The van der Waals surface area contributed by atoms with E-state index in [4.69, 9.17) is 0 Å². The number of hydrogen-bond acceptors (Lipinski definition) is 3. The van der Waals surface area contributed by atoms with Crippen LogP contribution in [0.25, 0.3) is 0 Å². The van der Waals surface area contributed by atoms with E-state index in [2.05, 4.69) is 27.8 Å². The van der Waals surface area contributed by atoms with Crippen molar-refractivity contribution < 1.29 is 18.0 Å². The molecular formula is C20H23F3N4O. The highest BCUT2D eigenvalue weighted by atomic mass is 19.4. The molecule has 0 atom stereocenters. The number of hydrazone groups is 1. The van der Waals surface area contributed by atoms with Gasteiger partial charge in [0.1, 0.15) is 6.54 Å². The SMILES string of the molecule is CC(=NNC(=O)Cn1ccc(C(F)(F)F)n1)c1ccc(C2CCCCC2)cc1. The average Bonchev–Trinajstić information content (AvgIpc) is 3.16. The molecule has 3 rings (SSSR count). The zero-order chi connectivity index (χ0) is 20.1. The van der Waals surface area contributed by atoms with E-state index in [9.17, 15) is 18.0 Å². The Hall–Kier alpha value is -2.64. The van der Waals surface area contributed by atoms with E-state index in [1.807, 2.05) is 12.1 Å². The molecule has 1 amide bonds. The van der Waals surface area contributed by atoms with Crippen molar-refractivity contribution >= 4 is 11.6 Å². The molecule has 1 aromatic heterocycles. The number of rotatable bonds is 5. The first-order valence-corrected chi connectivity index (χ1v) is 9.37. The van der Waals surface area contributed by atoms with E-state index in [1.165, 1.54) is 37.7 Å². The normalized spacial score (nSPS) is 16.2. The molecule has 1 heterocycles. The van der Waals surface area contributed by atoms with Crippen molar-refractivity contribution in [1.29, 1.82) is 0 Å². The van der Waals surface area contributed by atoms with Gasteiger partial charge >= 0.3 is 6.18 Å². The van der Waals surface area contributed by atoms with Gasteiger partial charge in [0, 0.05) is 6.20 Å². The third-order valence-corrected chi connectivity index (χ3v) is 4.99. The van der Waals surface area contributed by atoms with Crippen molar-refractivity contribution in [1.82, 2.24) is 15.2 Å². The van der Waals surface area contributed by atoms with Gasteiger partial charge in [-0.2, -0.15) is 23.4 Å². The summed E-state index contributed by atoms with van der Waals surface area (Å²) in [6.07, 6.45) is 2.91. The Balaban J connectivity index is 1.56.